The fourth-order valence-electron chi connectivity index (χ4n) is 4.04. The van der Waals surface area contributed by atoms with Crippen molar-refractivity contribution in [2.75, 3.05) is 10.6 Å². The van der Waals surface area contributed by atoms with Crippen LogP contribution in [-0.4, -0.2) is 28.9 Å². The summed E-state index contributed by atoms with van der Waals surface area (Å²) in [6.07, 6.45) is 2.18. The van der Waals surface area contributed by atoms with Gasteiger partial charge in [0.05, 0.1) is 5.25 Å². The van der Waals surface area contributed by atoms with Gasteiger partial charge in [-0.2, -0.15) is 0 Å². The van der Waals surface area contributed by atoms with E-state index in [1.165, 1.54) is 11.8 Å². The standard InChI is InChI=1S/C34H32N4O4S/c1-3-30(34(42)36-26-18-16-24(17-19-26)31(35)39)43-28-11-7-10-27(21-28)37-33(41)29(20-23-14-12-22(2)13-15-23)38-32(40)25-8-5-4-6-9-25/h4-21,30H,3H2,1-2H3,(H2,35,39)(H,36,42)(H,37,41)(H,38,40)/b29-20-. The van der Waals surface area contributed by atoms with Crippen LogP contribution in [0.15, 0.2) is 114 Å². The van der Waals surface area contributed by atoms with E-state index in [9.17, 15) is 19.2 Å². The third kappa shape index (κ3) is 8.92. The van der Waals surface area contributed by atoms with E-state index in [0.717, 1.165) is 16.0 Å². The maximum absolute atomic E-state index is 13.4. The second-order valence-corrected chi connectivity index (χ2v) is 11.0. The minimum Gasteiger partial charge on any atom is -0.366 e. The zero-order valence-corrected chi connectivity index (χ0v) is 24.6. The van der Waals surface area contributed by atoms with Gasteiger partial charge in [-0.15, -0.1) is 11.8 Å². The SMILES string of the molecule is CCC(Sc1cccc(NC(=O)/C(=C/c2ccc(C)cc2)NC(=O)c2ccccc2)c1)C(=O)Nc1ccc(C(N)=O)cc1. The van der Waals surface area contributed by atoms with Crippen molar-refractivity contribution >= 4 is 52.8 Å². The Morgan fingerprint density at radius 1 is 0.791 bits per heavy atom. The van der Waals surface area contributed by atoms with Crippen LogP contribution in [0.2, 0.25) is 0 Å². The average molecular weight is 593 g/mol. The maximum Gasteiger partial charge on any atom is 0.272 e. The highest BCUT2D eigenvalue weighted by atomic mass is 32.2. The molecule has 0 spiro atoms. The molecular weight excluding hydrogens is 560 g/mol. The van der Waals surface area contributed by atoms with Gasteiger partial charge in [0.1, 0.15) is 5.70 Å². The van der Waals surface area contributed by atoms with Gasteiger partial charge < -0.3 is 21.7 Å². The molecule has 4 rings (SSSR count). The van der Waals surface area contributed by atoms with Gasteiger partial charge in [-0.05, 0) is 79.6 Å². The van der Waals surface area contributed by atoms with Crippen LogP contribution in [-0.2, 0) is 9.59 Å². The van der Waals surface area contributed by atoms with E-state index in [-0.39, 0.29) is 11.6 Å². The quantitative estimate of drug-likeness (QED) is 0.125. The number of amides is 4. The lowest BCUT2D eigenvalue weighted by atomic mass is 10.1. The van der Waals surface area contributed by atoms with Crippen LogP contribution in [0, 0.1) is 6.92 Å². The largest absolute Gasteiger partial charge is 0.366 e. The molecule has 0 aromatic heterocycles. The Balaban J connectivity index is 1.47. The Bertz CT molecular complexity index is 1640. The van der Waals surface area contributed by atoms with Crippen molar-refractivity contribution in [3.63, 3.8) is 0 Å². The van der Waals surface area contributed by atoms with Crippen molar-refractivity contribution in [1.29, 1.82) is 0 Å². The topological polar surface area (TPSA) is 130 Å². The highest BCUT2D eigenvalue weighted by molar-refractivity contribution is 8.00. The summed E-state index contributed by atoms with van der Waals surface area (Å²) in [5, 5.41) is 8.08. The molecule has 1 atom stereocenters. The molecule has 0 saturated heterocycles. The molecule has 0 radical (unpaired) electrons. The number of carbonyl (C=O) groups excluding carboxylic acids is 4. The predicted octanol–water partition coefficient (Wildman–Crippen LogP) is 6.01. The van der Waals surface area contributed by atoms with Crippen LogP contribution in [0.5, 0.6) is 0 Å². The zero-order valence-electron chi connectivity index (χ0n) is 23.8. The Morgan fingerprint density at radius 3 is 2.14 bits per heavy atom. The molecule has 0 saturated carbocycles. The molecule has 0 fully saturated rings. The summed E-state index contributed by atoms with van der Waals surface area (Å²) in [5.41, 5.74) is 9.06. The number of nitrogens with one attached hydrogen (secondary N) is 3. The first-order chi connectivity index (χ1) is 20.7. The maximum atomic E-state index is 13.4. The molecule has 1 unspecified atom stereocenters. The number of thioether (sulfide) groups is 1. The van der Waals surface area contributed by atoms with Crippen LogP contribution in [0.3, 0.4) is 0 Å². The molecule has 4 aromatic rings. The number of rotatable bonds is 11. The molecule has 4 amide bonds. The molecule has 43 heavy (non-hydrogen) atoms. The third-order valence-electron chi connectivity index (χ3n) is 6.39. The highest BCUT2D eigenvalue weighted by Crippen LogP contribution is 2.29. The summed E-state index contributed by atoms with van der Waals surface area (Å²) in [6, 6.07) is 29.8. The molecule has 0 bridgehead atoms. The second kappa shape index (κ2) is 14.7. The number of aryl methyl sites for hydroxylation is 1. The number of hydrogen-bond acceptors (Lipinski definition) is 5. The molecule has 218 valence electrons. The fraction of sp³-hybridized carbons (Fsp3) is 0.118. The van der Waals surface area contributed by atoms with Crippen molar-refractivity contribution < 1.29 is 19.2 Å². The van der Waals surface area contributed by atoms with Crippen LogP contribution in [0.1, 0.15) is 45.2 Å². The van der Waals surface area contributed by atoms with Crippen LogP contribution in [0.25, 0.3) is 6.08 Å². The first-order valence-electron chi connectivity index (χ1n) is 13.7. The number of nitrogens with two attached hydrogens (primary N) is 1. The van der Waals surface area contributed by atoms with Gasteiger partial charge >= 0.3 is 0 Å². The smallest absolute Gasteiger partial charge is 0.272 e. The minimum absolute atomic E-state index is 0.0870. The van der Waals surface area contributed by atoms with Crippen LogP contribution >= 0.6 is 11.8 Å². The molecule has 0 heterocycles. The van der Waals surface area contributed by atoms with Gasteiger partial charge in [0.2, 0.25) is 11.8 Å². The average Bonchev–Trinajstić information content (AvgIpc) is 3.01. The molecule has 0 aliphatic rings. The van der Waals surface area contributed by atoms with Gasteiger partial charge in [0.15, 0.2) is 0 Å². The van der Waals surface area contributed by atoms with Gasteiger partial charge in [-0.3, -0.25) is 19.2 Å². The Hall–Kier alpha value is -5.15. The zero-order chi connectivity index (χ0) is 30.8. The van der Waals surface area contributed by atoms with Crippen LogP contribution < -0.4 is 21.7 Å². The van der Waals surface area contributed by atoms with E-state index in [0.29, 0.717) is 28.9 Å². The summed E-state index contributed by atoms with van der Waals surface area (Å²) < 4.78 is 0. The lowest BCUT2D eigenvalue weighted by Gasteiger charge is -2.16. The number of carbonyl (C=O) groups is 4. The number of hydrogen-bond donors (Lipinski definition) is 4. The molecule has 0 aliphatic carbocycles. The molecule has 0 aliphatic heterocycles. The van der Waals surface area contributed by atoms with E-state index in [1.54, 1.807) is 72.8 Å². The van der Waals surface area contributed by atoms with E-state index in [2.05, 4.69) is 16.0 Å². The monoisotopic (exact) mass is 592 g/mol. The molecule has 8 nitrogen and oxygen atoms in total. The summed E-state index contributed by atoms with van der Waals surface area (Å²) in [7, 11) is 0. The van der Waals surface area contributed by atoms with Crippen molar-refractivity contribution in [2.24, 2.45) is 5.73 Å². The Kier molecular flexibility index (Phi) is 10.5. The van der Waals surface area contributed by atoms with Gasteiger partial charge in [0, 0.05) is 27.4 Å². The van der Waals surface area contributed by atoms with Crippen molar-refractivity contribution in [3.05, 3.63) is 131 Å². The van der Waals surface area contributed by atoms with Gasteiger partial charge in [-0.1, -0.05) is 61.0 Å². The third-order valence-corrected chi connectivity index (χ3v) is 7.75. The van der Waals surface area contributed by atoms with Crippen molar-refractivity contribution in [3.8, 4) is 0 Å². The number of benzene rings is 4. The molecular formula is C34H32N4O4S. The van der Waals surface area contributed by atoms with Crippen molar-refractivity contribution in [1.82, 2.24) is 5.32 Å². The molecule has 5 N–H and O–H groups in total. The lowest BCUT2D eigenvalue weighted by molar-refractivity contribution is -0.116. The van der Waals surface area contributed by atoms with Crippen molar-refractivity contribution in [2.45, 2.75) is 30.4 Å². The fourth-order valence-corrected chi connectivity index (χ4v) is 5.06. The number of primary amides is 1. The first-order valence-corrected chi connectivity index (χ1v) is 14.5. The number of anilines is 2. The summed E-state index contributed by atoms with van der Waals surface area (Å²) in [4.78, 5) is 51.4. The molecule has 4 aromatic carbocycles. The van der Waals surface area contributed by atoms with Gasteiger partial charge in [-0.25, -0.2) is 0 Å². The summed E-state index contributed by atoms with van der Waals surface area (Å²) >= 11 is 1.36. The second-order valence-electron chi connectivity index (χ2n) is 9.72. The van der Waals surface area contributed by atoms with E-state index >= 15 is 0 Å². The summed E-state index contributed by atoms with van der Waals surface area (Å²) in [5.74, 6) is -1.63. The highest BCUT2D eigenvalue weighted by Gasteiger charge is 2.19. The minimum atomic E-state index is -0.539. The Labute approximate surface area is 254 Å². The van der Waals surface area contributed by atoms with E-state index < -0.39 is 23.0 Å². The van der Waals surface area contributed by atoms with Gasteiger partial charge in [0.25, 0.3) is 11.8 Å². The predicted molar refractivity (Wildman–Crippen MR) is 172 cm³/mol. The Morgan fingerprint density at radius 2 is 1.49 bits per heavy atom. The first kappa shape index (κ1) is 30.8. The van der Waals surface area contributed by atoms with E-state index in [4.69, 9.17) is 5.73 Å². The summed E-state index contributed by atoms with van der Waals surface area (Å²) in [6.45, 7) is 3.88. The normalized spacial score (nSPS) is 11.7. The van der Waals surface area contributed by atoms with Crippen LogP contribution in [0.4, 0.5) is 11.4 Å². The van der Waals surface area contributed by atoms with E-state index in [1.807, 2.05) is 50.2 Å². The molecule has 9 heteroatoms. The lowest BCUT2D eigenvalue weighted by Crippen LogP contribution is -2.30.